The third-order valence-electron chi connectivity index (χ3n) is 2.63. The number of nitrogens with zero attached hydrogens (tertiary/aromatic N) is 2. The van der Waals surface area contributed by atoms with Gasteiger partial charge in [0.1, 0.15) is 5.82 Å². The Kier molecular flexibility index (Phi) is 2.40. The number of halogens is 3. The van der Waals surface area contributed by atoms with Crippen molar-refractivity contribution in [1.29, 1.82) is 0 Å². The van der Waals surface area contributed by atoms with Gasteiger partial charge in [0, 0.05) is 19.2 Å². The number of carbonyl (C=O) groups is 1. The van der Waals surface area contributed by atoms with Crippen LogP contribution in [0.2, 0.25) is 0 Å². The van der Waals surface area contributed by atoms with Crippen molar-refractivity contribution in [3.63, 3.8) is 0 Å². The third kappa shape index (κ3) is 1.89. The first kappa shape index (κ1) is 11.0. The number of hydrogen-bond donors (Lipinski definition) is 1. The lowest BCUT2D eigenvalue weighted by atomic mass is 10.00. The number of carboxylic acid groups (broad SMARTS) is 1. The molecule has 1 atom stereocenters. The largest absolute Gasteiger partial charge is 0.481 e. The van der Waals surface area contributed by atoms with Crippen molar-refractivity contribution < 1.29 is 23.1 Å². The molecule has 2 heterocycles. The molecule has 0 spiro atoms. The second kappa shape index (κ2) is 3.50. The molecular weight excluding hydrogens is 225 g/mol. The minimum absolute atomic E-state index is 0.0632. The maximum absolute atomic E-state index is 12.3. The monoisotopic (exact) mass is 234 g/mol. The van der Waals surface area contributed by atoms with Gasteiger partial charge in [0.15, 0.2) is 5.69 Å². The van der Waals surface area contributed by atoms with Gasteiger partial charge in [-0.05, 0) is 6.42 Å². The van der Waals surface area contributed by atoms with Crippen LogP contribution in [0.1, 0.15) is 17.9 Å². The number of aromatic nitrogens is 2. The van der Waals surface area contributed by atoms with Crippen LogP contribution in [0.3, 0.4) is 0 Å². The first-order valence-corrected chi connectivity index (χ1v) is 4.74. The van der Waals surface area contributed by atoms with Gasteiger partial charge >= 0.3 is 12.1 Å². The molecular formula is C9H9F3N2O2. The number of hydrogen-bond acceptors (Lipinski definition) is 2. The van der Waals surface area contributed by atoms with E-state index in [-0.39, 0.29) is 13.0 Å². The van der Waals surface area contributed by atoms with E-state index >= 15 is 0 Å². The molecule has 88 valence electrons. The molecule has 0 aromatic carbocycles. The van der Waals surface area contributed by atoms with E-state index < -0.39 is 23.8 Å². The summed E-state index contributed by atoms with van der Waals surface area (Å²) in [7, 11) is 0. The Morgan fingerprint density at radius 3 is 2.81 bits per heavy atom. The zero-order chi connectivity index (χ0) is 11.9. The molecule has 7 heteroatoms. The molecule has 1 aromatic rings. The lowest BCUT2D eigenvalue weighted by molar-refractivity contribution is -0.142. The molecule has 0 saturated heterocycles. The molecule has 0 unspecified atom stereocenters. The van der Waals surface area contributed by atoms with Gasteiger partial charge in [0.2, 0.25) is 0 Å². The second-order valence-electron chi connectivity index (χ2n) is 3.77. The summed E-state index contributed by atoms with van der Waals surface area (Å²) in [4.78, 5) is 14.2. The molecule has 1 aliphatic rings. The van der Waals surface area contributed by atoms with Crippen LogP contribution in [0.5, 0.6) is 0 Å². The van der Waals surface area contributed by atoms with Crippen LogP contribution in [-0.2, 0) is 23.9 Å². The van der Waals surface area contributed by atoms with E-state index in [1.165, 1.54) is 4.57 Å². The van der Waals surface area contributed by atoms with E-state index in [0.717, 1.165) is 6.20 Å². The third-order valence-corrected chi connectivity index (χ3v) is 2.63. The van der Waals surface area contributed by atoms with E-state index in [2.05, 4.69) is 4.98 Å². The van der Waals surface area contributed by atoms with Gasteiger partial charge in [-0.1, -0.05) is 0 Å². The minimum atomic E-state index is -4.47. The Balaban J connectivity index is 2.27. The molecule has 0 radical (unpaired) electrons. The number of aliphatic carboxylic acids is 1. The van der Waals surface area contributed by atoms with Gasteiger partial charge in [-0.2, -0.15) is 13.2 Å². The van der Waals surface area contributed by atoms with Crippen LogP contribution >= 0.6 is 0 Å². The lowest BCUT2D eigenvalue weighted by Gasteiger charge is -2.19. The molecule has 0 fully saturated rings. The van der Waals surface area contributed by atoms with E-state index in [1.807, 2.05) is 0 Å². The summed E-state index contributed by atoms with van der Waals surface area (Å²) in [6.07, 6.45) is -2.98. The Bertz CT molecular complexity index is 425. The molecule has 1 N–H and O–H groups in total. The van der Waals surface area contributed by atoms with Gasteiger partial charge in [-0.15, -0.1) is 0 Å². The van der Waals surface area contributed by atoms with Crippen LogP contribution in [-0.4, -0.2) is 20.6 Å². The van der Waals surface area contributed by atoms with E-state index in [1.54, 1.807) is 0 Å². The summed E-state index contributed by atoms with van der Waals surface area (Å²) in [5.41, 5.74) is -0.950. The van der Waals surface area contributed by atoms with Gasteiger partial charge in [0.05, 0.1) is 5.92 Å². The minimum Gasteiger partial charge on any atom is -0.481 e. The van der Waals surface area contributed by atoms with Crippen molar-refractivity contribution in [2.45, 2.75) is 25.6 Å². The molecule has 1 aliphatic heterocycles. The number of imidazole rings is 1. The van der Waals surface area contributed by atoms with Gasteiger partial charge in [0.25, 0.3) is 0 Å². The Morgan fingerprint density at radius 2 is 2.25 bits per heavy atom. The maximum Gasteiger partial charge on any atom is 0.434 e. The van der Waals surface area contributed by atoms with Gasteiger partial charge < -0.3 is 9.67 Å². The zero-order valence-corrected chi connectivity index (χ0v) is 8.16. The van der Waals surface area contributed by atoms with Crippen molar-refractivity contribution in [2.75, 3.05) is 0 Å². The van der Waals surface area contributed by atoms with Crippen molar-refractivity contribution in [2.24, 2.45) is 5.92 Å². The Morgan fingerprint density at radius 1 is 1.56 bits per heavy atom. The van der Waals surface area contributed by atoms with Crippen LogP contribution in [0.4, 0.5) is 13.2 Å². The standard InChI is InChI=1S/C9H9F3N2O2/c10-9(11,12)6-4-14-3-5(8(15)16)1-2-7(14)13-6/h4-5H,1-3H2,(H,15,16)/t5-/m0/s1. The Labute approximate surface area is 88.7 Å². The number of alkyl halides is 3. The average Bonchev–Trinajstić information content (AvgIpc) is 2.58. The second-order valence-corrected chi connectivity index (χ2v) is 3.77. The normalized spacial score (nSPS) is 20.6. The molecule has 0 amide bonds. The van der Waals surface area contributed by atoms with E-state index in [9.17, 15) is 18.0 Å². The average molecular weight is 234 g/mol. The van der Waals surface area contributed by atoms with Crippen molar-refractivity contribution in [3.8, 4) is 0 Å². The number of aryl methyl sites for hydroxylation is 1. The predicted molar refractivity (Wildman–Crippen MR) is 46.7 cm³/mol. The van der Waals surface area contributed by atoms with Crippen LogP contribution in [0.15, 0.2) is 6.20 Å². The Hall–Kier alpha value is -1.53. The topological polar surface area (TPSA) is 55.1 Å². The molecule has 0 saturated carbocycles. The summed E-state index contributed by atoms with van der Waals surface area (Å²) in [5, 5.41) is 8.77. The molecule has 4 nitrogen and oxygen atoms in total. The van der Waals surface area contributed by atoms with Crippen molar-refractivity contribution >= 4 is 5.97 Å². The first-order chi connectivity index (χ1) is 7.38. The summed E-state index contributed by atoms with van der Waals surface area (Å²) < 4.78 is 38.3. The predicted octanol–water partition coefficient (Wildman–Crippen LogP) is 1.55. The SMILES string of the molecule is O=C(O)[C@H]1CCc2nc(C(F)(F)F)cn2C1. The van der Waals surface area contributed by atoms with Crippen LogP contribution in [0.25, 0.3) is 0 Å². The highest BCUT2D eigenvalue weighted by molar-refractivity contribution is 5.70. The van der Waals surface area contributed by atoms with Crippen LogP contribution < -0.4 is 0 Å². The zero-order valence-electron chi connectivity index (χ0n) is 8.16. The molecule has 0 aliphatic carbocycles. The summed E-state index contributed by atoms with van der Waals surface area (Å²) in [5.74, 6) is -1.29. The van der Waals surface area contributed by atoms with Gasteiger partial charge in [-0.25, -0.2) is 4.98 Å². The van der Waals surface area contributed by atoms with E-state index in [4.69, 9.17) is 5.11 Å². The fourth-order valence-corrected chi connectivity index (χ4v) is 1.78. The highest BCUT2D eigenvalue weighted by atomic mass is 19.4. The first-order valence-electron chi connectivity index (χ1n) is 4.74. The molecule has 2 rings (SSSR count). The summed E-state index contributed by atoms with van der Waals surface area (Å²) >= 11 is 0. The number of carboxylic acids is 1. The lowest BCUT2D eigenvalue weighted by Crippen LogP contribution is -2.26. The fraction of sp³-hybridized carbons (Fsp3) is 0.556. The summed E-state index contributed by atoms with van der Waals surface area (Å²) in [6, 6.07) is 0. The maximum atomic E-state index is 12.3. The highest BCUT2D eigenvalue weighted by Crippen LogP contribution is 2.30. The highest BCUT2D eigenvalue weighted by Gasteiger charge is 2.36. The molecule has 16 heavy (non-hydrogen) atoms. The van der Waals surface area contributed by atoms with Crippen LogP contribution in [0, 0.1) is 5.92 Å². The quantitative estimate of drug-likeness (QED) is 0.802. The smallest absolute Gasteiger partial charge is 0.434 e. The summed E-state index contributed by atoms with van der Waals surface area (Å²) in [6.45, 7) is 0.0632. The molecule has 1 aromatic heterocycles. The van der Waals surface area contributed by atoms with Crippen molar-refractivity contribution in [3.05, 3.63) is 17.7 Å². The van der Waals surface area contributed by atoms with E-state index in [0.29, 0.717) is 12.2 Å². The molecule has 0 bridgehead atoms. The van der Waals surface area contributed by atoms with Crippen molar-refractivity contribution in [1.82, 2.24) is 9.55 Å². The number of fused-ring (bicyclic) bond motifs is 1. The number of rotatable bonds is 1. The fourth-order valence-electron chi connectivity index (χ4n) is 1.78. The van der Waals surface area contributed by atoms with Gasteiger partial charge in [-0.3, -0.25) is 4.79 Å².